The first-order valence-corrected chi connectivity index (χ1v) is 8.95. The molecule has 0 saturated carbocycles. The molecule has 0 fully saturated rings. The highest BCUT2D eigenvalue weighted by Crippen LogP contribution is 2.35. The number of nitrogens with two attached hydrogens (primary N) is 1. The van der Waals surface area contributed by atoms with E-state index in [0.717, 1.165) is 38.2 Å². The topological polar surface area (TPSA) is 52.5 Å². The minimum atomic E-state index is 0.447. The van der Waals surface area contributed by atoms with E-state index in [4.69, 9.17) is 15.5 Å². The molecule has 2 N–H and O–H groups in total. The Morgan fingerprint density at radius 3 is 2.87 bits per heavy atom. The predicted octanol–water partition coefficient (Wildman–Crippen LogP) is 4.26. The first kappa shape index (κ1) is 14.4. The van der Waals surface area contributed by atoms with Gasteiger partial charge >= 0.3 is 0 Å². The highest BCUT2D eigenvalue weighted by atomic mass is 32.1. The maximum atomic E-state index is 6.05. The number of fused-ring (bicyclic) bond motifs is 1. The fraction of sp³-hybridized carbons (Fsp3) is 0.118. The summed E-state index contributed by atoms with van der Waals surface area (Å²) < 4.78 is 7.50. The number of hydrogen-bond donors (Lipinski definition) is 1. The molecule has 4 nitrogen and oxygen atoms in total. The van der Waals surface area contributed by atoms with E-state index in [0.29, 0.717) is 6.54 Å². The maximum Gasteiger partial charge on any atom is 0.195 e. The normalized spacial score (nSPS) is 11.2. The molecular weight excluding hydrogens is 326 g/mol. The van der Waals surface area contributed by atoms with Crippen molar-refractivity contribution in [2.45, 2.75) is 6.54 Å². The molecule has 0 amide bonds. The van der Waals surface area contributed by atoms with Crippen molar-refractivity contribution in [2.75, 3.05) is 7.11 Å². The molecule has 3 aromatic heterocycles. The average molecular weight is 341 g/mol. The average Bonchev–Trinajstić information content (AvgIpc) is 3.30. The first-order chi connectivity index (χ1) is 11.3. The van der Waals surface area contributed by atoms with Crippen LogP contribution in [0.25, 0.3) is 26.8 Å². The summed E-state index contributed by atoms with van der Waals surface area (Å²) in [4.78, 5) is 6.91. The van der Waals surface area contributed by atoms with Crippen LogP contribution in [0.1, 0.15) is 5.69 Å². The lowest BCUT2D eigenvalue weighted by Gasteiger charge is -2.06. The molecule has 0 saturated heterocycles. The van der Waals surface area contributed by atoms with Crippen LogP contribution in [0, 0.1) is 0 Å². The molecule has 116 valence electrons. The molecule has 0 unspecified atom stereocenters. The molecule has 0 aliphatic carbocycles. The molecule has 3 heterocycles. The van der Waals surface area contributed by atoms with Crippen molar-refractivity contribution in [2.24, 2.45) is 5.73 Å². The van der Waals surface area contributed by atoms with Gasteiger partial charge in [-0.05, 0) is 23.6 Å². The van der Waals surface area contributed by atoms with Crippen LogP contribution in [0.15, 0.2) is 47.2 Å². The van der Waals surface area contributed by atoms with Crippen LogP contribution in [-0.2, 0) is 6.54 Å². The zero-order chi connectivity index (χ0) is 15.8. The van der Waals surface area contributed by atoms with Crippen LogP contribution in [0.2, 0.25) is 0 Å². The second-order valence-electron chi connectivity index (χ2n) is 5.06. The zero-order valence-corrected chi connectivity index (χ0v) is 14.2. The standard InChI is InChI=1S/C17H15N3OS2/c1-21-12-5-2-4-11(8-12)14-10-23-17-19-16(13(9-18)20(14)17)15-6-3-7-22-15/h2-8,10H,9,18H2,1H3. The van der Waals surface area contributed by atoms with Crippen LogP contribution in [0.5, 0.6) is 5.75 Å². The van der Waals surface area contributed by atoms with Crippen molar-refractivity contribution >= 4 is 27.6 Å². The van der Waals surface area contributed by atoms with Crippen molar-refractivity contribution in [3.05, 3.63) is 52.9 Å². The van der Waals surface area contributed by atoms with Gasteiger partial charge in [-0.3, -0.25) is 4.40 Å². The molecule has 0 spiro atoms. The van der Waals surface area contributed by atoms with E-state index in [-0.39, 0.29) is 0 Å². The number of aromatic nitrogens is 2. The molecule has 0 atom stereocenters. The number of benzene rings is 1. The lowest BCUT2D eigenvalue weighted by atomic mass is 10.1. The summed E-state index contributed by atoms with van der Waals surface area (Å²) in [5, 5.41) is 4.18. The fourth-order valence-corrected chi connectivity index (χ4v) is 4.35. The Morgan fingerprint density at radius 1 is 1.22 bits per heavy atom. The first-order valence-electron chi connectivity index (χ1n) is 7.19. The quantitative estimate of drug-likeness (QED) is 0.603. The van der Waals surface area contributed by atoms with Crippen molar-refractivity contribution in [3.8, 4) is 27.6 Å². The summed E-state index contributed by atoms with van der Waals surface area (Å²) in [6.07, 6.45) is 0. The van der Waals surface area contributed by atoms with Gasteiger partial charge in [0.1, 0.15) is 11.4 Å². The van der Waals surface area contributed by atoms with E-state index in [1.165, 1.54) is 0 Å². The van der Waals surface area contributed by atoms with Gasteiger partial charge in [-0.15, -0.1) is 22.7 Å². The third-order valence-electron chi connectivity index (χ3n) is 3.77. The number of ether oxygens (including phenoxy) is 1. The summed E-state index contributed by atoms with van der Waals surface area (Å²) in [5.41, 5.74) is 10.3. The number of thiophene rings is 1. The van der Waals surface area contributed by atoms with Crippen molar-refractivity contribution in [3.63, 3.8) is 0 Å². The van der Waals surface area contributed by atoms with Gasteiger partial charge in [0.2, 0.25) is 0 Å². The summed E-state index contributed by atoms with van der Waals surface area (Å²) >= 11 is 3.32. The molecule has 4 aromatic rings. The number of nitrogens with zero attached hydrogens (tertiary/aromatic N) is 2. The van der Waals surface area contributed by atoms with E-state index in [2.05, 4.69) is 27.3 Å². The van der Waals surface area contributed by atoms with Crippen LogP contribution < -0.4 is 10.5 Å². The van der Waals surface area contributed by atoms with E-state index in [1.54, 1.807) is 29.8 Å². The van der Waals surface area contributed by atoms with Crippen LogP contribution in [0.4, 0.5) is 0 Å². The van der Waals surface area contributed by atoms with Crippen molar-refractivity contribution in [1.82, 2.24) is 9.38 Å². The number of imidazole rings is 1. The van der Waals surface area contributed by atoms with Crippen LogP contribution in [-0.4, -0.2) is 16.5 Å². The Kier molecular flexibility index (Phi) is 3.65. The highest BCUT2D eigenvalue weighted by molar-refractivity contribution is 7.15. The summed E-state index contributed by atoms with van der Waals surface area (Å²) in [6.45, 7) is 0.447. The Bertz CT molecular complexity index is 954. The Morgan fingerprint density at radius 2 is 2.13 bits per heavy atom. The molecular formula is C17H15N3OS2. The van der Waals surface area contributed by atoms with E-state index >= 15 is 0 Å². The monoisotopic (exact) mass is 341 g/mol. The lowest BCUT2D eigenvalue weighted by Crippen LogP contribution is -2.03. The minimum Gasteiger partial charge on any atom is -0.497 e. The summed E-state index contributed by atoms with van der Waals surface area (Å²) in [7, 11) is 1.68. The van der Waals surface area contributed by atoms with E-state index in [9.17, 15) is 0 Å². The van der Waals surface area contributed by atoms with Gasteiger partial charge in [0.15, 0.2) is 4.96 Å². The second kappa shape index (κ2) is 5.81. The predicted molar refractivity (Wildman–Crippen MR) is 96.3 cm³/mol. The largest absolute Gasteiger partial charge is 0.497 e. The van der Waals surface area contributed by atoms with Crippen LogP contribution in [0.3, 0.4) is 0 Å². The van der Waals surface area contributed by atoms with E-state index < -0.39 is 0 Å². The molecule has 0 aliphatic rings. The third kappa shape index (κ3) is 2.35. The Balaban J connectivity index is 1.95. The van der Waals surface area contributed by atoms with Gasteiger partial charge in [0, 0.05) is 17.5 Å². The van der Waals surface area contributed by atoms with Crippen molar-refractivity contribution in [1.29, 1.82) is 0 Å². The third-order valence-corrected chi connectivity index (χ3v) is 5.47. The molecule has 0 bridgehead atoms. The highest BCUT2D eigenvalue weighted by Gasteiger charge is 2.18. The summed E-state index contributed by atoms with van der Waals surface area (Å²) in [5.74, 6) is 0.842. The molecule has 0 aliphatic heterocycles. The van der Waals surface area contributed by atoms with Crippen LogP contribution >= 0.6 is 22.7 Å². The molecule has 0 radical (unpaired) electrons. The Labute approximate surface area is 141 Å². The molecule has 23 heavy (non-hydrogen) atoms. The van der Waals surface area contributed by atoms with Gasteiger partial charge in [0.05, 0.1) is 23.4 Å². The van der Waals surface area contributed by atoms with Crippen molar-refractivity contribution < 1.29 is 4.74 Å². The minimum absolute atomic E-state index is 0.447. The zero-order valence-electron chi connectivity index (χ0n) is 12.5. The lowest BCUT2D eigenvalue weighted by molar-refractivity contribution is 0.415. The molecule has 6 heteroatoms. The fourth-order valence-electron chi connectivity index (χ4n) is 2.70. The second-order valence-corrected chi connectivity index (χ2v) is 6.84. The number of rotatable bonds is 4. The number of hydrogen-bond acceptors (Lipinski definition) is 5. The van der Waals surface area contributed by atoms with Gasteiger partial charge in [0.25, 0.3) is 0 Å². The smallest absolute Gasteiger partial charge is 0.195 e. The molecule has 1 aromatic carbocycles. The van der Waals surface area contributed by atoms with Gasteiger partial charge in [-0.1, -0.05) is 18.2 Å². The van der Waals surface area contributed by atoms with Gasteiger partial charge in [-0.25, -0.2) is 4.98 Å². The van der Waals surface area contributed by atoms with Gasteiger partial charge < -0.3 is 10.5 Å². The van der Waals surface area contributed by atoms with E-state index in [1.807, 2.05) is 24.3 Å². The maximum absolute atomic E-state index is 6.05. The number of methoxy groups -OCH3 is 1. The van der Waals surface area contributed by atoms with Gasteiger partial charge in [-0.2, -0.15) is 0 Å². The number of thiazole rings is 1. The summed E-state index contributed by atoms with van der Waals surface area (Å²) in [6, 6.07) is 12.2. The molecule has 4 rings (SSSR count). The SMILES string of the molecule is COc1cccc(-c2csc3nc(-c4cccs4)c(CN)n23)c1. The Hall–Kier alpha value is -2.15.